The van der Waals surface area contributed by atoms with Crippen molar-refractivity contribution in [3.8, 4) is 11.3 Å². The van der Waals surface area contributed by atoms with Crippen molar-refractivity contribution in [3.05, 3.63) is 77.8 Å². The van der Waals surface area contributed by atoms with Crippen LogP contribution >= 0.6 is 0 Å². The molecule has 2 aromatic heterocycles. The zero-order valence-electron chi connectivity index (χ0n) is 16.2. The first-order valence-electron chi connectivity index (χ1n) is 9.96. The normalized spacial score (nSPS) is 17.6. The van der Waals surface area contributed by atoms with Crippen LogP contribution in [0, 0.1) is 5.82 Å². The van der Waals surface area contributed by atoms with Crippen molar-refractivity contribution >= 4 is 0 Å². The lowest BCUT2D eigenvalue weighted by Crippen LogP contribution is -2.34. The monoisotopic (exact) mass is 376 g/mol. The first-order valence-corrected chi connectivity index (χ1v) is 9.96. The third-order valence-corrected chi connectivity index (χ3v) is 5.32. The van der Waals surface area contributed by atoms with E-state index in [1.54, 1.807) is 12.1 Å². The molecule has 0 bridgehead atoms. The van der Waals surface area contributed by atoms with E-state index in [-0.39, 0.29) is 5.82 Å². The van der Waals surface area contributed by atoms with Crippen LogP contribution in [0.4, 0.5) is 4.39 Å². The summed E-state index contributed by atoms with van der Waals surface area (Å²) in [5, 5.41) is 0. The average molecular weight is 376 g/mol. The van der Waals surface area contributed by atoms with Crippen molar-refractivity contribution in [1.82, 2.24) is 19.9 Å². The van der Waals surface area contributed by atoms with Crippen LogP contribution in [0.3, 0.4) is 0 Å². The molecule has 5 heteroatoms. The van der Waals surface area contributed by atoms with E-state index in [1.807, 2.05) is 18.5 Å². The zero-order valence-corrected chi connectivity index (χ0v) is 16.2. The maximum Gasteiger partial charge on any atom is 0.127 e. The molecule has 1 aliphatic rings. The molecule has 0 radical (unpaired) electrons. The molecule has 3 aromatic rings. The van der Waals surface area contributed by atoms with Gasteiger partial charge in [-0.25, -0.2) is 14.4 Å². The Balaban J connectivity index is 1.46. The molecule has 0 aliphatic carbocycles. The Bertz CT molecular complexity index is 909. The summed E-state index contributed by atoms with van der Waals surface area (Å²) in [5.74, 6) is 1.07. The van der Waals surface area contributed by atoms with Crippen LogP contribution in [0.2, 0.25) is 0 Å². The largest absolute Gasteiger partial charge is 0.298 e. The van der Waals surface area contributed by atoms with Gasteiger partial charge in [-0.2, -0.15) is 0 Å². The number of hydrogen-bond donors (Lipinski definition) is 0. The van der Waals surface area contributed by atoms with Gasteiger partial charge in [0.15, 0.2) is 0 Å². The van der Waals surface area contributed by atoms with Crippen LogP contribution < -0.4 is 0 Å². The van der Waals surface area contributed by atoms with Gasteiger partial charge in [-0.15, -0.1) is 0 Å². The number of pyridine rings is 1. The molecule has 144 valence electrons. The van der Waals surface area contributed by atoms with Gasteiger partial charge < -0.3 is 0 Å². The summed E-state index contributed by atoms with van der Waals surface area (Å²) in [6.45, 7) is 5.01. The molecule has 0 unspecified atom stereocenters. The zero-order chi connectivity index (χ0) is 19.3. The minimum absolute atomic E-state index is 0.223. The topological polar surface area (TPSA) is 41.9 Å². The fourth-order valence-electron chi connectivity index (χ4n) is 3.80. The highest BCUT2D eigenvalue weighted by Gasteiger charge is 2.23. The van der Waals surface area contributed by atoms with Gasteiger partial charge in [0.25, 0.3) is 0 Å². The molecule has 1 aromatic carbocycles. The highest BCUT2D eigenvalue weighted by molar-refractivity contribution is 5.59. The minimum Gasteiger partial charge on any atom is -0.298 e. The predicted molar refractivity (Wildman–Crippen MR) is 108 cm³/mol. The maximum absolute atomic E-state index is 13.2. The van der Waals surface area contributed by atoms with Crippen molar-refractivity contribution in [3.63, 3.8) is 0 Å². The molecule has 1 atom stereocenters. The molecule has 1 saturated heterocycles. The molecule has 4 nitrogen and oxygen atoms in total. The minimum atomic E-state index is -0.223. The number of halogens is 1. The van der Waals surface area contributed by atoms with E-state index in [0.29, 0.717) is 5.92 Å². The van der Waals surface area contributed by atoms with Gasteiger partial charge in [0.05, 0.1) is 5.69 Å². The Kier molecular flexibility index (Phi) is 5.72. The third-order valence-electron chi connectivity index (χ3n) is 5.32. The molecule has 0 saturated carbocycles. The molecular formula is C23H25FN4. The van der Waals surface area contributed by atoms with Crippen LogP contribution in [0.1, 0.15) is 42.8 Å². The van der Waals surface area contributed by atoms with Gasteiger partial charge in [0, 0.05) is 54.6 Å². The van der Waals surface area contributed by atoms with Gasteiger partial charge in [0.1, 0.15) is 11.6 Å². The fourth-order valence-corrected chi connectivity index (χ4v) is 3.80. The van der Waals surface area contributed by atoms with E-state index in [0.717, 1.165) is 67.2 Å². The molecule has 0 N–H and O–H groups in total. The smallest absolute Gasteiger partial charge is 0.127 e. The van der Waals surface area contributed by atoms with E-state index >= 15 is 0 Å². The number of aromatic nitrogens is 3. The van der Waals surface area contributed by atoms with Crippen LogP contribution in [0.15, 0.2) is 54.9 Å². The molecule has 1 fully saturated rings. The van der Waals surface area contributed by atoms with E-state index in [1.165, 1.54) is 12.1 Å². The highest BCUT2D eigenvalue weighted by atomic mass is 19.1. The highest BCUT2D eigenvalue weighted by Crippen LogP contribution is 2.28. The summed E-state index contributed by atoms with van der Waals surface area (Å²) in [6.07, 6.45) is 7.05. The quantitative estimate of drug-likeness (QED) is 0.652. The molecule has 4 rings (SSSR count). The van der Waals surface area contributed by atoms with E-state index < -0.39 is 0 Å². The van der Waals surface area contributed by atoms with E-state index in [4.69, 9.17) is 4.98 Å². The number of aryl methyl sites for hydroxylation is 1. The second-order valence-corrected chi connectivity index (χ2v) is 7.39. The van der Waals surface area contributed by atoms with Crippen molar-refractivity contribution in [1.29, 1.82) is 0 Å². The van der Waals surface area contributed by atoms with Gasteiger partial charge >= 0.3 is 0 Å². The van der Waals surface area contributed by atoms with Crippen molar-refractivity contribution in [2.75, 3.05) is 13.1 Å². The Morgan fingerprint density at radius 3 is 2.61 bits per heavy atom. The van der Waals surface area contributed by atoms with Crippen LogP contribution in [0.25, 0.3) is 11.3 Å². The first-order chi connectivity index (χ1) is 13.7. The Morgan fingerprint density at radius 1 is 1.07 bits per heavy atom. The molecule has 1 aliphatic heterocycles. The average Bonchev–Trinajstić information content (AvgIpc) is 2.75. The molecule has 3 heterocycles. The SMILES string of the molecule is CCc1ncc(CN2CCC[C@H](c3cccc(-c4ccc(F)cc4)n3)C2)cn1. The van der Waals surface area contributed by atoms with Crippen molar-refractivity contribution in [2.45, 2.75) is 38.6 Å². The second-order valence-electron chi connectivity index (χ2n) is 7.39. The van der Waals surface area contributed by atoms with Gasteiger partial charge in [-0.05, 0) is 55.8 Å². The number of hydrogen-bond acceptors (Lipinski definition) is 4. The Morgan fingerprint density at radius 2 is 1.86 bits per heavy atom. The predicted octanol–water partition coefficient (Wildman–Crippen LogP) is 4.62. The van der Waals surface area contributed by atoms with Gasteiger partial charge in [-0.1, -0.05) is 13.0 Å². The Labute approximate surface area is 165 Å². The molecule has 0 amide bonds. The third kappa shape index (κ3) is 4.42. The first kappa shape index (κ1) is 18.7. The van der Waals surface area contributed by atoms with Crippen LogP contribution in [-0.2, 0) is 13.0 Å². The van der Waals surface area contributed by atoms with E-state index in [9.17, 15) is 4.39 Å². The Hall–Kier alpha value is -2.66. The fraction of sp³-hybridized carbons (Fsp3) is 0.348. The van der Waals surface area contributed by atoms with Crippen LogP contribution in [-0.4, -0.2) is 32.9 Å². The van der Waals surface area contributed by atoms with Gasteiger partial charge in [-0.3, -0.25) is 9.88 Å². The number of rotatable bonds is 5. The summed E-state index contributed by atoms with van der Waals surface area (Å²) in [4.78, 5) is 16.2. The van der Waals surface area contributed by atoms with Gasteiger partial charge in [0.2, 0.25) is 0 Å². The lowest BCUT2D eigenvalue weighted by molar-refractivity contribution is 0.198. The van der Waals surface area contributed by atoms with Crippen molar-refractivity contribution in [2.24, 2.45) is 0 Å². The van der Waals surface area contributed by atoms with Crippen LogP contribution in [0.5, 0.6) is 0 Å². The lowest BCUT2D eigenvalue weighted by atomic mass is 9.93. The number of benzene rings is 1. The lowest BCUT2D eigenvalue weighted by Gasteiger charge is -2.32. The van der Waals surface area contributed by atoms with E-state index in [2.05, 4.69) is 33.9 Å². The maximum atomic E-state index is 13.2. The number of likely N-dealkylation sites (tertiary alicyclic amines) is 1. The van der Waals surface area contributed by atoms with Crippen molar-refractivity contribution < 1.29 is 4.39 Å². The second kappa shape index (κ2) is 8.57. The number of piperidine rings is 1. The molecule has 0 spiro atoms. The summed E-state index contributed by atoms with van der Waals surface area (Å²) < 4.78 is 13.2. The summed E-state index contributed by atoms with van der Waals surface area (Å²) in [6, 6.07) is 12.7. The molecule has 28 heavy (non-hydrogen) atoms. The molecular weight excluding hydrogens is 351 g/mol. The summed E-state index contributed by atoms with van der Waals surface area (Å²) >= 11 is 0. The summed E-state index contributed by atoms with van der Waals surface area (Å²) in [5.41, 5.74) is 4.12. The number of nitrogens with zero attached hydrogens (tertiary/aromatic N) is 4. The summed E-state index contributed by atoms with van der Waals surface area (Å²) in [7, 11) is 0. The standard InChI is InChI=1S/C23H25FN4/c1-2-23-25-13-17(14-26-23)15-28-12-4-5-19(16-28)22-7-3-6-21(27-22)18-8-10-20(24)11-9-18/h3,6-11,13-14,19H,2,4-5,12,15-16H2,1H3/t19-/m0/s1.